The van der Waals surface area contributed by atoms with Crippen molar-refractivity contribution < 1.29 is 13.3 Å². The van der Waals surface area contributed by atoms with Gasteiger partial charge in [0.1, 0.15) is 0 Å². The molecule has 2 aromatic rings. The quantitative estimate of drug-likeness (QED) is 0.614. The minimum absolute atomic E-state index is 0.0606. The van der Waals surface area contributed by atoms with Gasteiger partial charge in [0.2, 0.25) is 9.84 Å². The molecular formula is C11H11N4O4S-. The van der Waals surface area contributed by atoms with Crippen molar-refractivity contribution in [1.29, 1.82) is 0 Å². The fraction of sp³-hybridized carbons (Fsp3) is 0.273. The molecule has 106 valence electrons. The minimum Gasteiger partial charge on any atom is -0.458 e. The SMILES string of the molecule is Cc1cc(C)c(S(=O)(=O)c2nnc([N+](=O)[O-])[n-]2)c(C)c1. The maximum Gasteiger partial charge on any atom is 0.277 e. The number of hydrogen-bond donors (Lipinski definition) is 0. The van der Waals surface area contributed by atoms with E-state index in [0.717, 1.165) is 5.56 Å². The van der Waals surface area contributed by atoms with Gasteiger partial charge in [-0.05, 0) is 31.9 Å². The van der Waals surface area contributed by atoms with Crippen LogP contribution in [0.2, 0.25) is 0 Å². The number of aromatic nitrogens is 3. The fourth-order valence-electron chi connectivity index (χ4n) is 2.09. The first-order valence-corrected chi connectivity index (χ1v) is 7.06. The van der Waals surface area contributed by atoms with Gasteiger partial charge >= 0.3 is 0 Å². The Balaban J connectivity index is 2.63. The summed E-state index contributed by atoms with van der Waals surface area (Å²) in [6, 6.07) is 3.43. The third-order valence-corrected chi connectivity index (χ3v) is 4.53. The molecule has 0 fully saturated rings. The molecule has 0 atom stereocenters. The van der Waals surface area contributed by atoms with Gasteiger partial charge < -0.3 is 10.1 Å². The van der Waals surface area contributed by atoms with Crippen LogP contribution in [0.4, 0.5) is 5.95 Å². The summed E-state index contributed by atoms with van der Waals surface area (Å²) in [5.74, 6) is -0.828. The average Bonchev–Trinajstić information content (AvgIpc) is 2.76. The Hall–Kier alpha value is -2.29. The lowest BCUT2D eigenvalue weighted by atomic mass is 10.1. The van der Waals surface area contributed by atoms with Crippen molar-refractivity contribution in [1.82, 2.24) is 15.2 Å². The maximum absolute atomic E-state index is 12.4. The second-order valence-electron chi connectivity index (χ2n) is 4.38. The zero-order valence-electron chi connectivity index (χ0n) is 11.0. The van der Waals surface area contributed by atoms with E-state index in [1.54, 1.807) is 26.0 Å². The van der Waals surface area contributed by atoms with Crippen molar-refractivity contribution in [2.45, 2.75) is 30.8 Å². The highest BCUT2D eigenvalue weighted by atomic mass is 32.2. The van der Waals surface area contributed by atoms with Gasteiger partial charge in [-0.1, -0.05) is 17.7 Å². The summed E-state index contributed by atoms with van der Waals surface area (Å²) < 4.78 is 24.9. The molecule has 0 amide bonds. The smallest absolute Gasteiger partial charge is 0.277 e. The molecule has 1 aromatic carbocycles. The molecule has 0 unspecified atom stereocenters. The van der Waals surface area contributed by atoms with Crippen LogP contribution < -0.4 is 4.98 Å². The van der Waals surface area contributed by atoms with E-state index >= 15 is 0 Å². The number of aryl methyl sites for hydroxylation is 3. The van der Waals surface area contributed by atoms with Crippen molar-refractivity contribution in [2.24, 2.45) is 0 Å². The summed E-state index contributed by atoms with van der Waals surface area (Å²) in [5, 5.41) is 16.3. The number of nitro groups is 1. The predicted molar refractivity (Wildman–Crippen MR) is 68.1 cm³/mol. The Kier molecular flexibility index (Phi) is 3.30. The zero-order valence-corrected chi connectivity index (χ0v) is 11.8. The lowest BCUT2D eigenvalue weighted by molar-refractivity contribution is -0.394. The summed E-state index contributed by atoms with van der Waals surface area (Å²) in [4.78, 5) is 13.0. The Morgan fingerprint density at radius 3 is 2.15 bits per heavy atom. The van der Waals surface area contributed by atoms with Crippen molar-refractivity contribution in [3.63, 3.8) is 0 Å². The second kappa shape index (κ2) is 4.67. The van der Waals surface area contributed by atoms with Crippen LogP contribution in [0.3, 0.4) is 0 Å². The van der Waals surface area contributed by atoms with E-state index in [4.69, 9.17) is 0 Å². The predicted octanol–water partition coefficient (Wildman–Crippen LogP) is 1.10. The van der Waals surface area contributed by atoms with Crippen molar-refractivity contribution in [3.05, 3.63) is 38.9 Å². The highest BCUT2D eigenvalue weighted by Crippen LogP contribution is 2.26. The molecular weight excluding hydrogens is 284 g/mol. The van der Waals surface area contributed by atoms with E-state index in [9.17, 15) is 18.5 Å². The Morgan fingerprint density at radius 1 is 1.15 bits per heavy atom. The third-order valence-electron chi connectivity index (χ3n) is 2.70. The summed E-state index contributed by atoms with van der Waals surface area (Å²) in [6.45, 7) is 5.15. The van der Waals surface area contributed by atoms with Gasteiger partial charge in [-0.15, -0.1) is 10.2 Å². The fourth-order valence-corrected chi connectivity index (χ4v) is 3.59. The number of rotatable bonds is 3. The van der Waals surface area contributed by atoms with E-state index in [0.29, 0.717) is 11.1 Å². The van der Waals surface area contributed by atoms with E-state index in [-0.39, 0.29) is 4.90 Å². The third kappa shape index (κ3) is 2.27. The number of sulfone groups is 1. The van der Waals surface area contributed by atoms with Crippen LogP contribution in [0, 0.1) is 30.9 Å². The standard InChI is InChI=1S/C11H11N4O4S/c1-6-4-7(2)9(8(3)5-6)20(18,19)11-12-10(13-14-11)15(16)17/h4-5H,1-3H3/q-1. The van der Waals surface area contributed by atoms with Gasteiger partial charge in [-0.3, -0.25) is 0 Å². The molecule has 1 heterocycles. The Labute approximate surface area is 114 Å². The highest BCUT2D eigenvalue weighted by molar-refractivity contribution is 7.91. The molecule has 1 aromatic heterocycles. The lowest BCUT2D eigenvalue weighted by Gasteiger charge is -2.09. The van der Waals surface area contributed by atoms with E-state index < -0.39 is 25.9 Å². The summed E-state index contributed by atoms with van der Waals surface area (Å²) in [7, 11) is -4.02. The van der Waals surface area contributed by atoms with Gasteiger partial charge in [-0.2, -0.15) is 9.91 Å². The monoisotopic (exact) mass is 295 g/mol. The van der Waals surface area contributed by atoms with Gasteiger partial charge in [0.05, 0.1) is 4.90 Å². The lowest BCUT2D eigenvalue weighted by Crippen LogP contribution is -2.09. The van der Waals surface area contributed by atoms with Crippen LogP contribution in [0.15, 0.2) is 22.2 Å². The topological polar surface area (TPSA) is 117 Å². The summed E-state index contributed by atoms with van der Waals surface area (Å²) >= 11 is 0. The van der Waals surface area contributed by atoms with Crippen molar-refractivity contribution in [2.75, 3.05) is 0 Å². The first-order chi connectivity index (χ1) is 9.23. The summed E-state index contributed by atoms with van der Waals surface area (Å²) in [6.07, 6.45) is 0. The molecule has 0 aliphatic carbocycles. The molecule has 2 rings (SSSR count). The van der Waals surface area contributed by atoms with Crippen LogP contribution in [-0.4, -0.2) is 23.5 Å². The van der Waals surface area contributed by atoms with E-state index in [1.165, 1.54) is 0 Å². The largest absolute Gasteiger partial charge is 0.458 e. The van der Waals surface area contributed by atoms with Crippen LogP contribution in [0.1, 0.15) is 16.7 Å². The Morgan fingerprint density at radius 2 is 1.70 bits per heavy atom. The van der Waals surface area contributed by atoms with Crippen LogP contribution >= 0.6 is 0 Å². The second-order valence-corrected chi connectivity index (χ2v) is 6.16. The molecule has 0 saturated carbocycles. The highest BCUT2D eigenvalue weighted by Gasteiger charge is 2.27. The molecule has 0 bridgehead atoms. The number of benzene rings is 1. The maximum atomic E-state index is 12.4. The molecule has 0 aliphatic rings. The number of hydrogen-bond acceptors (Lipinski definition) is 6. The molecule has 20 heavy (non-hydrogen) atoms. The number of nitrogens with zero attached hydrogens (tertiary/aromatic N) is 4. The van der Waals surface area contributed by atoms with E-state index in [1.807, 2.05) is 6.92 Å². The molecule has 8 nitrogen and oxygen atoms in total. The van der Waals surface area contributed by atoms with E-state index in [2.05, 4.69) is 15.2 Å². The van der Waals surface area contributed by atoms with Gasteiger partial charge in [-0.25, -0.2) is 8.42 Å². The molecule has 0 spiro atoms. The van der Waals surface area contributed by atoms with Crippen molar-refractivity contribution in [3.8, 4) is 0 Å². The van der Waals surface area contributed by atoms with Crippen LogP contribution in [0.25, 0.3) is 0 Å². The Bertz CT molecular complexity index is 771. The molecule has 0 radical (unpaired) electrons. The molecule has 0 N–H and O–H groups in total. The molecule has 0 saturated heterocycles. The van der Waals surface area contributed by atoms with Gasteiger partial charge in [0.15, 0.2) is 0 Å². The average molecular weight is 295 g/mol. The van der Waals surface area contributed by atoms with Gasteiger partial charge in [0.25, 0.3) is 11.1 Å². The molecule has 0 aliphatic heterocycles. The van der Waals surface area contributed by atoms with Crippen molar-refractivity contribution >= 4 is 15.8 Å². The normalized spacial score (nSPS) is 11.6. The first-order valence-electron chi connectivity index (χ1n) is 5.58. The summed E-state index contributed by atoms with van der Waals surface area (Å²) in [5.41, 5.74) is 2.00. The van der Waals surface area contributed by atoms with Crippen LogP contribution in [-0.2, 0) is 9.84 Å². The first kappa shape index (κ1) is 14.1. The van der Waals surface area contributed by atoms with Crippen LogP contribution in [0.5, 0.6) is 0 Å². The zero-order chi connectivity index (χ0) is 15.1. The van der Waals surface area contributed by atoms with Gasteiger partial charge in [0, 0.05) is 0 Å². The minimum atomic E-state index is -4.02. The molecule has 9 heteroatoms.